The molecule has 0 aliphatic carbocycles. The molecule has 3 heterocycles. The van der Waals surface area contributed by atoms with Crippen LogP contribution in [0, 0.1) is 16.0 Å². The molecule has 2 aromatic heterocycles. The number of nitrogens with zero attached hydrogens (tertiary/aromatic N) is 3. The Bertz CT molecular complexity index is 603. The van der Waals surface area contributed by atoms with Crippen molar-refractivity contribution in [2.45, 2.75) is 19.3 Å². The van der Waals surface area contributed by atoms with E-state index >= 15 is 0 Å². The highest BCUT2D eigenvalue weighted by molar-refractivity contribution is 7.15. The minimum atomic E-state index is -0.440. The molecule has 1 fully saturated rings. The zero-order valence-electron chi connectivity index (χ0n) is 10.9. The predicted octanol–water partition coefficient (Wildman–Crippen LogP) is 2.07. The molecule has 1 N–H and O–H groups in total. The number of rotatable bonds is 5. The van der Waals surface area contributed by atoms with Crippen LogP contribution in [0.4, 0.5) is 5.82 Å². The molecule has 0 saturated carbocycles. The van der Waals surface area contributed by atoms with E-state index in [-0.39, 0.29) is 11.7 Å². The summed E-state index contributed by atoms with van der Waals surface area (Å²) in [7, 11) is 0. The lowest BCUT2D eigenvalue weighted by molar-refractivity contribution is -0.391. The first-order valence-electron chi connectivity index (χ1n) is 6.69. The van der Waals surface area contributed by atoms with Gasteiger partial charge >= 0.3 is 11.7 Å². The van der Waals surface area contributed by atoms with Gasteiger partial charge in [0, 0.05) is 5.38 Å². The first-order chi connectivity index (χ1) is 9.75. The van der Waals surface area contributed by atoms with Gasteiger partial charge in [0.1, 0.15) is 6.20 Å². The molecule has 108 valence electrons. The molecule has 0 bridgehead atoms. The summed E-state index contributed by atoms with van der Waals surface area (Å²) in [5.74, 6) is 0.639. The average molecular weight is 296 g/mol. The third-order valence-corrected chi connectivity index (χ3v) is 4.30. The van der Waals surface area contributed by atoms with Crippen molar-refractivity contribution in [2.75, 3.05) is 19.7 Å². The largest absolute Gasteiger partial charge is 0.472 e. The number of ether oxygens (including phenoxy) is 1. The SMILES string of the molecule is O=[N+]([O-])c1c(OCCC2CCCNC2)nc2sccn12. The summed E-state index contributed by atoms with van der Waals surface area (Å²) in [6.07, 6.45) is 4.92. The predicted molar refractivity (Wildman–Crippen MR) is 75.4 cm³/mol. The van der Waals surface area contributed by atoms with E-state index in [2.05, 4.69) is 10.3 Å². The molecule has 1 unspecified atom stereocenters. The van der Waals surface area contributed by atoms with E-state index in [1.54, 1.807) is 11.6 Å². The number of aromatic nitrogens is 2. The summed E-state index contributed by atoms with van der Waals surface area (Å²) in [6, 6.07) is 0. The average Bonchev–Trinajstić information content (AvgIpc) is 2.99. The molecule has 0 aromatic carbocycles. The van der Waals surface area contributed by atoms with E-state index < -0.39 is 4.92 Å². The summed E-state index contributed by atoms with van der Waals surface area (Å²) < 4.78 is 7.01. The molecule has 1 atom stereocenters. The van der Waals surface area contributed by atoms with Gasteiger partial charge in [0.05, 0.1) is 6.61 Å². The standard InChI is InChI=1S/C12H16N4O3S/c17-16(18)11-10(14-12-15(11)5-7-20-12)19-6-3-9-2-1-4-13-8-9/h5,7,9,13H,1-4,6,8H2. The van der Waals surface area contributed by atoms with Crippen LogP contribution in [-0.2, 0) is 0 Å². The molecular formula is C12H16N4O3S. The van der Waals surface area contributed by atoms with Crippen LogP contribution in [0.3, 0.4) is 0 Å². The molecule has 0 spiro atoms. The molecule has 0 radical (unpaired) electrons. The number of nitro groups is 1. The first-order valence-corrected chi connectivity index (χ1v) is 7.57. The van der Waals surface area contributed by atoms with Gasteiger partial charge in [-0.2, -0.15) is 9.38 Å². The van der Waals surface area contributed by atoms with Gasteiger partial charge in [0.2, 0.25) is 0 Å². The molecule has 3 rings (SSSR count). The maximum atomic E-state index is 11.1. The Morgan fingerprint density at radius 1 is 1.65 bits per heavy atom. The Balaban J connectivity index is 1.66. The third kappa shape index (κ3) is 2.61. The van der Waals surface area contributed by atoms with Gasteiger partial charge in [-0.3, -0.25) is 0 Å². The van der Waals surface area contributed by atoms with E-state index in [1.807, 2.05) is 0 Å². The lowest BCUT2D eigenvalue weighted by atomic mass is 9.97. The molecule has 2 aromatic rings. The summed E-state index contributed by atoms with van der Waals surface area (Å²) in [6.45, 7) is 2.56. The second-order valence-electron chi connectivity index (χ2n) is 4.90. The molecule has 1 aliphatic rings. The van der Waals surface area contributed by atoms with Crippen molar-refractivity contribution in [3.63, 3.8) is 0 Å². The topological polar surface area (TPSA) is 81.7 Å². The molecule has 1 saturated heterocycles. The number of fused-ring (bicyclic) bond motifs is 1. The van der Waals surface area contributed by atoms with Gasteiger partial charge in [-0.1, -0.05) is 11.3 Å². The van der Waals surface area contributed by atoms with E-state index in [0.29, 0.717) is 17.5 Å². The molecule has 20 heavy (non-hydrogen) atoms. The summed E-state index contributed by atoms with van der Waals surface area (Å²) in [5, 5.41) is 16.2. The van der Waals surface area contributed by atoms with Crippen molar-refractivity contribution in [3.05, 3.63) is 21.7 Å². The van der Waals surface area contributed by atoms with E-state index in [0.717, 1.165) is 19.5 Å². The Hall–Kier alpha value is -1.67. The van der Waals surface area contributed by atoms with E-state index in [1.165, 1.54) is 28.6 Å². The highest BCUT2D eigenvalue weighted by Crippen LogP contribution is 2.30. The fraction of sp³-hybridized carbons (Fsp3) is 0.583. The van der Waals surface area contributed by atoms with E-state index in [9.17, 15) is 10.1 Å². The van der Waals surface area contributed by atoms with E-state index in [4.69, 9.17) is 4.74 Å². The molecule has 1 aliphatic heterocycles. The van der Waals surface area contributed by atoms with Gasteiger partial charge in [-0.05, 0) is 43.2 Å². The van der Waals surface area contributed by atoms with Crippen molar-refractivity contribution in [2.24, 2.45) is 5.92 Å². The van der Waals surface area contributed by atoms with Gasteiger partial charge in [0.25, 0.3) is 4.96 Å². The minimum absolute atomic E-state index is 0.0805. The first kappa shape index (κ1) is 13.3. The van der Waals surface area contributed by atoms with Gasteiger partial charge in [-0.25, -0.2) is 0 Å². The second kappa shape index (κ2) is 5.76. The lowest BCUT2D eigenvalue weighted by Crippen LogP contribution is -2.30. The third-order valence-electron chi connectivity index (χ3n) is 3.54. The van der Waals surface area contributed by atoms with Gasteiger partial charge in [0.15, 0.2) is 0 Å². The number of piperidine rings is 1. The Labute approximate surface area is 119 Å². The number of hydrogen-bond donors (Lipinski definition) is 1. The highest BCUT2D eigenvalue weighted by atomic mass is 32.1. The maximum Gasteiger partial charge on any atom is 0.393 e. The van der Waals surface area contributed by atoms with Crippen molar-refractivity contribution in [3.8, 4) is 5.88 Å². The minimum Gasteiger partial charge on any atom is -0.472 e. The quantitative estimate of drug-likeness (QED) is 0.674. The smallest absolute Gasteiger partial charge is 0.393 e. The zero-order valence-corrected chi connectivity index (χ0v) is 11.8. The van der Waals surface area contributed by atoms with Crippen molar-refractivity contribution in [1.82, 2.24) is 14.7 Å². The Kier molecular flexibility index (Phi) is 3.83. The lowest BCUT2D eigenvalue weighted by Gasteiger charge is -2.22. The van der Waals surface area contributed by atoms with Crippen LogP contribution in [0.15, 0.2) is 11.6 Å². The van der Waals surface area contributed by atoms with Crippen LogP contribution in [0.2, 0.25) is 0 Å². The molecular weight excluding hydrogens is 280 g/mol. The molecule has 8 heteroatoms. The van der Waals surface area contributed by atoms with Crippen LogP contribution in [0.25, 0.3) is 4.96 Å². The summed E-state index contributed by atoms with van der Waals surface area (Å²) in [4.78, 5) is 15.4. The summed E-state index contributed by atoms with van der Waals surface area (Å²) in [5.41, 5.74) is 0. The second-order valence-corrected chi connectivity index (χ2v) is 5.78. The maximum absolute atomic E-state index is 11.1. The number of thiazole rings is 1. The van der Waals surface area contributed by atoms with Crippen LogP contribution < -0.4 is 10.1 Å². The van der Waals surface area contributed by atoms with Crippen LogP contribution in [0.5, 0.6) is 5.88 Å². The normalized spacial score (nSPS) is 19.3. The summed E-state index contributed by atoms with van der Waals surface area (Å²) >= 11 is 1.36. The van der Waals surface area contributed by atoms with Crippen molar-refractivity contribution < 1.29 is 9.66 Å². The fourth-order valence-electron chi connectivity index (χ4n) is 2.51. The van der Waals surface area contributed by atoms with Crippen LogP contribution in [-0.4, -0.2) is 34.0 Å². The van der Waals surface area contributed by atoms with Crippen LogP contribution >= 0.6 is 11.3 Å². The molecule has 7 nitrogen and oxygen atoms in total. The Morgan fingerprint density at radius 2 is 2.55 bits per heavy atom. The molecule has 0 amide bonds. The number of imidazole rings is 1. The van der Waals surface area contributed by atoms with Gasteiger partial charge < -0.3 is 20.2 Å². The fourth-order valence-corrected chi connectivity index (χ4v) is 3.21. The number of hydrogen-bond acceptors (Lipinski definition) is 6. The van der Waals surface area contributed by atoms with Crippen molar-refractivity contribution >= 4 is 22.1 Å². The highest BCUT2D eigenvalue weighted by Gasteiger charge is 2.25. The van der Waals surface area contributed by atoms with Gasteiger partial charge in [-0.15, -0.1) is 0 Å². The monoisotopic (exact) mass is 296 g/mol. The number of nitrogens with one attached hydrogen (secondary N) is 1. The zero-order chi connectivity index (χ0) is 13.9. The van der Waals surface area contributed by atoms with Crippen LogP contribution in [0.1, 0.15) is 19.3 Å². The van der Waals surface area contributed by atoms with Crippen molar-refractivity contribution in [1.29, 1.82) is 0 Å². The Morgan fingerprint density at radius 3 is 3.30 bits per heavy atom.